The van der Waals surface area contributed by atoms with E-state index in [0.29, 0.717) is 0 Å². The highest BCUT2D eigenvalue weighted by Gasteiger charge is 2.21. The summed E-state index contributed by atoms with van der Waals surface area (Å²) in [5.41, 5.74) is 6.45. The lowest BCUT2D eigenvalue weighted by Gasteiger charge is -2.26. The Labute approximate surface area is 237 Å². The van der Waals surface area contributed by atoms with Crippen molar-refractivity contribution in [2.24, 2.45) is 0 Å². The van der Waals surface area contributed by atoms with E-state index in [4.69, 9.17) is 9.72 Å². The van der Waals surface area contributed by atoms with E-state index >= 15 is 0 Å². The van der Waals surface area contributed by atoms with Gasteiger partial charge in [-0.25, -0.2) is 9.97 Å². The van der Waals surface area contributed by atoms with Crippen LogP contribution in [0.4, 0.5) is 17.2 Å². The molecule has 1 aliphatic heterocycles. The van der Waals surface area contributed by atoms with Crippen molar-refractivity contribution in [3.63, 3.8) is 0 Å². The van der Waals surface area contributed by atoms with Crippen LogP contribution >= 0.6 is 0 Å². The molecule has 0 atom stereocenters. The molecule has 4 heterocycles. The van der Waals surface area contributed by atoms with E-state index in [1.807, 2.05) is 60.9 Å². The molecular weight excluding hydrogens is 504 g/mol. The van der Waals surface area contributed by atoms with Crippen LogP contribution in [-0.4, -0.2) is 14.5 Å². The van der Waals surface area contributed by atoms with E-state index in [2.05, 4.69) is 99.4 Å². The van der Waals surface area contributed by atoms with Crippen LogP contribution in [0, 0.1) is 0 Å². The minimum Gasteiger partial charge on any atom is -0.457 e. The molecule has 0 spiro atoms. The van der Waals surface area contributed by atoms with E-state index < -0.39 is 0 Å². The second-order valence-corrected chi connectivity index (χ2v) is 9.96. The molecule has 0 N–H and O–H groups in total. The Bertz CT molecular complexity index is 2080. The van der Waals surface area contributed by atoms with Crippen LogP contribution in [0.25, 0.3) is 39.8 Å². The molecule has 8 rings (SSSR count). The summed E-state index contributed by atoms with van der Waals surface area (Å²) in [7, 11) is 0. The van der Waals surface area contributed by atoms with Crippen LogP contribution in [0.5, 0.6) is 11.5 Å². The van der Waals surface area contributed by atoms with Crippen LogP contribution in [0.2, 0.25) is 0 Å². The molecule has 194 valence electrons. The third-order valence-corrected chi connectivity index (χ3v) is 7.50. The van der Waals surface area contributed by atoms with Crippen molar-refractivity contribution in [1.82, 2.24) is 14.5 Å². The minimum atomic E-state index is 0.748. The second-order valence-electron chi connectivity index (χ2n) is 9.96. The summed E-state index contributed by atoms with van der Waals surface area (Å²) in [6, 6.07) is 41.2. The number of para-hydroxylation sites is 2. The first-order chi connectivity index (χ1) is 20.3. The van der Waals surface area contributed by atoms with Gasteiger partial charge in [0.25, 0.3) is 0 Å². The van der Waals surface area contributed by atoms with Crippen molar-refractivity contribution in [2.75, 3.05) is 4.90 Å². The largest absolute Gasteiger partial charge is 0.457 e. The summed E-state index contributed by atoms with van der Waals surface area (Å²) in [4.78, 5) is 11.5. The van der Waals surface area contributed by atoms with Crippen molar-refractivity contribution in [3.8, 4) is 17.3 Å². The molecule has 0 radical (unpaired) electrons. The minimum absolute atomic E-state index is 0.748. The first-order valence-electron chi connectivity index (χ1n) is 13.6. The number of rotatable bonds is 4. The van der Waals surface area contributed by atoms with Gasteiger partial charge in [0.1, 0.15) is 23.1 Å². The second kappa shape index (κ2) is 9.50. The Kier molecular flexibility index (Phi) is 5.38. The van der Waals surface area contributed by atoms with Gasteiger partial charge in [-0.15, -0.1) is 0 Å². The van der Waals surface area contributed by atoms with Crippen LogP contribution in [-0.2, 0) is 0 Å². The van der Waals surface area contributed by atoms with E-state index in [0.717, 1.165) is 62.1 Å². The number of hydrogen-bond donors (Lipinski definition) is 0. The Hall–Kier alpha value is -5.68. The van der Waals surface area contributed by atoms with Crippen molar-refractivity contribution >= 4 is 51.2 Å². The van der Waals surface area contributed by atoms with Gasteiger partial charge in [-0.3, -0.25) is 9.47 Å². The number of benzene rings is 4. The van der Waals surface area contributed by atoms with Gasteiger partial charge in [0.2, 0.25) is 0 Å². The smallest absolute Gasteiger partial charge is 0.137 e. The summed E-state index contributed by atoms with van der Waals surface area (Å²) in [5, 5.41) is 2.34. The predicted molar refractivity (Wildman–Crippen MR) is 166 cm³/mol. The Morgan fingerprint density at radius 3 is 1.98 bits per heavy atom. The van der Waals surface area contributed by atoms with Gasteiger partial charge in [0, 0.05) is 35.3 Å². The molecule has 5 heteroatoms. The van der Waals surface area contributed by atoms with Crippen LogP contribution in [0.15, 0.2) is 134 Å². The molecule has 4 aromatic carbocycles. The number of hydrogen-bond acceptors (Lipinski definition) is 4. The molecule has 0 saturated heterocycles. The van der Waals surface area contributed by atoms with Crippen molar-refractivity contribution in [3.05, 3.63) is 145 Å². The maximum Gasteiger partial charge on any atom is 0.137 e. The lowest BCUT2D eigenvalue weighted by molar-refractivity contribution is 0.483. The highest BCUT2D eigenvalue weighted by molar-refractivity contribution is 6.09. The number of fused-ring (bicyclic) bond motifs is 5. The summed E-state index contributed by atoms with van der Waals surface area (Å²) in [6.45, 7) is 0. The molecule has 5 nitrogen and oxygen atoms in total. The highest BCUT2D eigenvalue weighted by Crippen LogP contribution is 2.43. The molecule has 41 heavy (non-hydrogen) atoms. The van der Waals surface area contributed by atoms with Gasteiger partial charge >= 0.3 is 0 Å². The molecule has 3 aromatic heterocycles. The number of ether oxygens (including phenoxy) is 1. The molecule has 0 amide bonds. The molecule has 0 unspecified atom stereocenters. The number of anilines is 3. The third kappa shape index (κ3) is 3.95. The average molecular weight is 529 g/mol. The topological polar surface area (TPSA) is 43.2 Å². The van der Waals surface area contributed by atoms with Crippen LogP contribution < -0.4 is 9.64 Å². The van der Waals surface area contributed by atoms with Gasteiger partial charge in [0.05, 0.1) is 22.4 Å². The van der Waals surface area contributed by atoms with Crippen LogP contribution in [0.3, 0.4) is 0 Å². The highest BCUT2D eigenvalue weighted by atomic mass is 16.5. The summed E-state index contributed by atoms with van der Waals surface area (Å²) < 4.78 is 8.74. The van der Waals surface area contributed by atoms with Gasteiger partial charge < -0.3 is 4.74 Å². The fourth-order valence-corrected chi connectivity index (χ4v) is 5.68. The lowest BCUT2D eigenvalue weighted by atomic mass is 10.1. The maximum atomic E-state index is 6.55. The van der Waals surface area contributed by atoms with E-state index in [9.17, 15) is 0 Å². The quantitative estimate of drug-likeness (QED) is 0.228. The molecular formula is C36H24N4O. The predicted octanol–water partition coefficient (Wildman–Crippen LogP) is 9.32. The number of pyridine rings is 2. The SMILES string of the molecule is C1=Cc2ccc(Oc3ccc4c5ccccc5n(-c5ccccn5)c4c3)cc2N(c2ccccn2)c2ccccc21. The zero-order valence-corrected chi connectivity index (χ0v) is 22.1. The van der Waals surface area contributed by atoms with E-state index in [1.165, 1.54) is 5.39 Å². The number of aromatic nitrogens is 3. The monoisotopic (exact) mass is 528 g/mol. The van der Waals surface area contributed by atoms with Gasteiger partial charge in [-0.2, -0.15) is 0 Å². The van der Waals surface area contributed by atoms with Crippen molar-refractivity contribution < 1.29 is 4.74 Å². The first kappa shape index (κ1) is 23.2. The molecule has 0 aliphatic carbocycles. The maximum absolute atomic E-state index is 6.55. The summed E-state index contributed by atoms with van der Waals surface area (Å²) in [5.74, 6) is 3.23. The van der Waals surface area contributed by atoms with Crippen molar-refractivity contribution in [2.45, 2.75) is 0 Å². The Morgan fingerprint density at radius 1 is 0.488 bits per heavy atom. The zero-order chi connectivity index (χ0) is 27.2. The van der Waals surface area contributed by atoms with Gasteiger partial charge in [0.15, 0.2) is 0 Å². The van der Waals surface area contributed by atoms with Crippen LogP contribution in [0.1, 0.15) is 11.1 Å². The summed E-state index contributed by atoms with van der Waals surface area (Å²) >= 11 is 0. The molecule has 1 aliphatic rings. The number of nitrogens with zero attached hydrogens (tertiary/aromatic N) is 4. The molecule has 0 saturated carbocycles. The Balaban J connectivity index is 1.25. The summed E-state index contributed by atoms with van der Waals surface area (Å²) in [6.07, 6.45) is 7.96. The Morgan fingerprint density at radius 2 is 1.15 bits per heavy atom. The molecule has 7 aromatic rings. The zero-order valence-electron chi connectivity index (χ0n) is 22.1. The molecule has 0 bridgehead atoms. The van der Waals surface area contributed by atoms with Gasteiger partial charge in [-0.1, -0.05) is 60.7 Å². The fourth-order valence-electron chi connectivity index (χ4n) is 5.68. The van der Waals surface area contributed by atoms with E-state index in [1.54, 1.807) is 0 Å². The first-order valence-corrected chi connectivity index (χ1v) is 13.6. The van der Waals surface area contributed by atoms with Gasteiger partial charge in [-0.05, 0) is 71.8 Å². The average Bonchev–Trinajstić information content (AvgIpc) is 3.26. The lowest BCUT2D eigenvalue weighted by Crippen LogP contribution is -2.13. The molecule has 0 fully saturated rings. The fraction of sp³-hybridized carbons (Fsp3) is 0. The van der Waals surface area contributed by atoms with E-state index in [-0.39, 0.29) is 0 Å². The van der Waals surface area contributed by atoms with Crippen molar-refractivity contribution in [1.29, 1.82) is 0 Å². The normalized spacial score (nSPS) is 12.2. The standard InChI is InChI=1S/C36H24N4O/c1-3-11-31-25(9-1)15-16-26-17-18-27(23-33(26)39(31)35-13-5-7-21-37-35)41-28-19-20-30-29-10-2-4-12-32(29)40(34(30)24-28)36-14-6-8-22-38-36/h1-24H. The third-order valence-electron chi connectivity index (χ3n) is 7.50.